The third-order valence-electron chi connectivity index (χ3n) is 3.02. The molecular weight excluding hydrogens is 220 g/mol. The third-order valence-corrected chi connectivity index (χ3v) is 3.26. The maximum Gasteiger partial charge on any atom is 0.250 e. The highest BCUT2D eigenvalue weighted by Gasteiger charge is 2.56. The van der Waals surface area contributed by atoms with E-state index in [1.807, 2.05) is 6.07 Å². The van der Waals surface area contributed by atoms with Crippen molar-refractivity contribution in [1.29, 1.82) is 0 Å². The monoisotopic (exact) mass is 231 g/mol. The van der Waals surface area contributed by atoms with Gasteiger partial charge in [0.25, 0.3) is 0 Å². The Kier molecular flexibility index (Phi) is 2.47. The van der Waals surface area contributed by atoms with Crippen molar-refractivity contribution < 1.29 is 8.78 Å². The SMILES string of the molecule is NCC1(c2cccc(Cl)c2)CC(F)(F)C1. The summed E-state index contributed by atoms with van der Waals surface area (Å²) in [6.07, 6.45) is -0.340. The number of halogens is 3. The Hall–Kier alpha value is -0.670. The number of alkyl halides is 2. The molecule has 15 heavy (non-hydrogen) atoms. The topological polar surface area (TPSA) is 26.0 Å². The van der Waals surface area contributed by atoms with Gasteiger partial charge in [0, 0.05) is 29.8 Å². The minimum absolute atomic E-state index is 0.170. The van der Waals surface area contributed by atoms with Gasteiger partial charge in [0.1, 0.15) is 0 Å². The summed E-state index contributed by atoms with van der Waals surface area (Å²) in [5.41, 5.74) is 5.84. The molecular formula is C11H12ClF2N. The van der Waals surface area contributed by atoms with Crippen LogP contribution in [0.25, 0.3) is 0 Å². The first-order valence-corrected chi connectivity index (χ1v) is 5.19. The fraction of sp³-hybridized carbons (Fsp3) is 0.455. The maximum absolute atomic E-state index is 12.9. The van der Waals surface area contributed by atoms with Crippen molar-refractivity contribution in [3.05, 3.63) is 34.9 Å². The molecule has 2 rings (SSSR count). The van der Waals surface area contributed by atoms with E-state index in [1.165, 1.54) is 0 Å². The lowest BCUT2D eigenvalue weighted by molar-refractivity contribution is -0.123. The first kappa shape index (κ1) is 10.8. The molecule has 4 heteroatoms. The Morgan fingerprint density at radius 1 is 1.33 bits per heavy atom. The van der Waals surface area contributed by atoms with Gasteiger partial charge in [-0.2, -0.15) is 0 Å². The maximum atomic E-state index is 12.9. The lowest BCUT2D eigenvalue weighted by Gasteiger charge is -2.47. The van der Waals surface area contributed by atoms with Gasteiger partial charge < -0.3 is 5.73 Å². The van der Waals surface area contributed by atoms with E-state index in [0.29, 0.717) is 5.02 Å². The minimum atomic E-state index is -2.57. The van der Waals surface area contributed by atoms with Gasteiger partial charge in [-0.05, 0) is 17.7 Å². The molecule has 0 saturated heterocycles. The Balaban J connectivity index is 2.29. The van der Waals surface area contributed by atoms with Gasteiger partial charge in [-0.15, -0.1) is 0 Å². The quantitative estimate of drug-likeness (QED) is 0.832. The van der Waals surface area contributed by atoms with Crippen LogP contribution in [-0.2, 0) is 5.41 Å². The van der Waals surface area contributed by atoms with Crippen molar-refractivity contribution in [2.75, 3.05) is 6.54 Å². The Bertz CT molecular complexity index is 371. The van der Waals surface area contributed by atoms with E-state index in [2.05, 4.69) is 0 Å². The van der Waals surface area contributed by atoms with E-state index >= 15 is 0 Å². The van der Waals surface area contributed by atoms with Crippen molar-refractivity contribution in [1.82, 2.24) is 0 Å². The molecule has 0 spiro atoms. The average molecular weight is 232 g/mol. The fourth-order valence-electron chi connectivity index (χ4n) is 2.22. The van der Waals surface area contributed by atoms with Crippen LogP contribution in [0.3, 0.4) is 0 Å². The zero-order chi connectivity index (χ0) is 11.1. The highest BCUT2D eigenvalue weighted by atomic mass is 35.5. The van der Waals surface area contributed by atoms with Crippen molar-refractivity contribution in [2.24, 2.45) is 5.73 Å². The first-order valence-electron chi connectivity index (χ1n) is 4.81. The molecule has 0 radical (unpaired) electrons. The first-order chi connectivity index (χ1) is 6.97. The molecule has 0 bridgehead atoms. The number of benzene rings is 1. The van der Waals surface area contributed by atoms with Crippen LogP contribution >= 0.6 is 11.6 Å². The van der Waals surface area contributed by atoms with Crippen molar-refractivity contribution in [3.8, 4) is 0 Å². The highest BCUT2D eigenvalue weighted by molar-refractivity contribution is 6.30. The van der Waals surface area contributed by atoms with Gasteiger partial charge in [0.05, 0.1) is 0 Å². The molecule has 0 heterocycles. The van der Waals surface area contributed by atoms with Crippen molar-refractivity contribution >= 4 is 11.6 Å². The summed E-state index contributed by atoms with van der Waals surface area (Å²) >= 11 is 5.83. The van der Waals surface area contributed by atoms with E-state index < -0.39 is 11.3 Å². The second-order valence-corrected chi connectivity index (χ2v) is 4.64. The summed E-state index contributed by atoms with van der Waals surface area (Å²) in [6.45, 7) is 0.239. The molecule has 2 N–H and O–H groups in total. The molecule has 0 aliphatic heterocycles. The molecule has 1 nitrogen and oxygen atoms in total. The van der Waals surface area contributed by atoms with E-state index in [4.69, 9.17) is 17.3 Å². The lowest BCUT2D eigenvalue weighted by Crippen LogP contribution is -2.53. The predicted octanol–water partition coefficient (Wildman–Crippen LogP) is 2.97. The molecule has 1 aliphatic rings. The standard InChI is InChI=1S/C11H12ClF2N/c12-9-3-1-2-8(4-9)10(7-15)5-11(13,14)6-10/h1-4H,5-7,15H2. The number of hydrogen-bond acceptors (Lipinski definition) is 1. The summed E-state index contributed by atoms with van der Waals surface area (Å²) in [5, 5.41) is 0.565. The molecule has 0 aromatic heterocycles. The Morgan fingerprint density at radius 2 is 2.00 bits per heavy atom. The van der Waals surface area contributed by atoms with Crippen LogP contribution in [-0.4, -0.2) is 12.5 Å². The van der Waals surface area contributed by atoms with Crippen molar-refractivity contribution in [3.63, 3.8) is 0 Å². The molecule has 1 aromatic carbocycles. The number of rotatable bonds is 2. The summed E-state index contributed by atoms with van der Waals surface area (Å²) in [4.78, 5) is 0. The van der Waals surface area contributed by atoms with Crippen LogP contribution in [0, 0.1) is 0 Å². The molecule has 82 valence electrons. The molecule has 1 fully saturated rings. The van der Waals surface area contributed by atoms with Gasteiger partial charge in [-0.1, -0.05) is 23.7 Å². The fourth-order valence-corrected chi connectivity index (χ4v) is 2.41. The lowest BCUT2D eigenvalue weighted by atomic mass is 9.62. The molecule has 1 aromatic rings. The molecule has 0 amide bonds. The number of hydrogen-bond donors (Lipinski definition) is 1. The smallest absolute Gasteiger partial charge is 0.250 e. The van der Waals surface area contributed by atoms with Gasteiger partial charge in [-0.3, -0.25) is 0 Å². The van der Waals surface area contributed by atoms with Gasteiger partial charge in [0.15, 0.2) is 0 Å². The van der Waals surface area contributed by atoms with Crippen LogP contribution < -0.4 is 5.73 Å². The summed E-state index contributed by atoms with van der Waals surface area (Å²) in [6, 6.07) is 7.04. The molecule has 1 saturated carbocycles. The summed E-state index contributed by atoms with van der Waals surface area (Å²) in [7, 11) is 0. The van der Waals surface area contributed by atoms with Crippen LogP contribution in [0.1, 0.15) is 18.4 Å². The van der Waals surface area contributed by atoms with Crippen LogP contribution in [0.5, 0.6) is 0 Å². The zero-order valence-electron chi connectivity index (χ0n) is 8.14. The van der Waals surface area contributed by atoms with E-state index in [0.717, 1.165) is 5.56 Å². The second kappa shape index (κ2) is 3.42. The highest BCUT2D eigenvalue weighted by Crippen LogP contribution is 2.52. The van der Waals surface area contributed by atoms with Gasteiger partial charge in [0.2, 0.25) is 5.92 Å². The second-order valence-electron chi connectivity index (χ2n) is 4.20. The molecule has 0 atom stereocenters. The number of nitrogens with two attached hydrogens (primary N) is 1. The van der Waals surface area contributed by atoms with Gasteiger partial charge >= 0.3 is 0 Å². The molecule has 0 unspecified atom stereocenters. The predicted molar refractivity (Wildman–Crippen MR) is 56.4 cm³/mol. The van der Waals surface area contributed by atoms with E-state index in [1.54, 1.807) is 18.2 Å². The minimum Gasteiger partial charge on any atom is -0.330 e. The summed E-state index contributed by atoms with van der Waals surface area (Å²) in [5.74, 6) is -2.57. The van der Waals surface area contributed by atoms with Gasteiger partial charge in [-0.25, -0.2) is 8.78 Å². The average Bonchev–Trinajstić information content (AvgIpc) is 2.13. The summed E-state index contributed by atoms with van der Waals surface area (Å²) < 4.78 is 25.8. The van der Waals surface area contributed by atoms with E-state index in [9.17, 15) is 8.78 Å². The van der Waals surface area contributed by atoms with Crippen LogP contribution in [0.4, 0.5) is 8.78 Å². The van der Waals surface area contributed by atoms with Crippen molar-refractivity contribution in [2.45, 2.75) is 24.2 Å². The largest absolute Gasteiger partial charge is 0.330 e. The normalized spacial score (nSPS) is 22.1. The molecule has 1 aliphatic carbocycles. The van der Waals surface area contributed by atoms with Crippen LogP contribution in [0.15, 0.2) is 24.3 Å². The third kappa shape index (κ3) is 1.86. The van der Waals surface area contributed by atoms with Crippen LogP contribution in [0.2, 0.25) is 5.02 Å². The van der Waals surface area contributed by atoms with E-state index in [-0.39, 0.29) is 19.4 Å². The Morgan fingerprint density at radius 3 is 2.47 bits per heavy atom. The Labute approximate surface area is 92.2 Å². The zero-order valence-corrected chi connectivity index (χ0v) is 8.90.